The van der Waals surface area contributed by atoms with Crippen molar-refractivity contribution >= 4 is 54.4 Å². The monoisotopic (exact) mass is 607 g/mol. The molecule has 0 fully saturated rings. The van der Waals surface area contributed by atoms with Crippen LogP contribution in [0.15, 0.2) is 127 Å². The number of hydrogen-bond donors (Lipinski definition) is 0. The van der Waals surface area contributed by atoms with Crippen LogP contribution in [0.3, 0.4) is 0 Å². The molecule has 5 heteroatoms. The van der Waals surface area contributed by atoms with Crippen molar-refractivity contribution in [1.29, 1.82) is 10.5 Å². The summed E-state index contributed by atoms with van der Waals surface area (Å²) >= 11 is 0. The van der Waals surface area contributed by atoms with Gasteiger partial charge in [-0.05, 0) is 62.4 Å². The zero-order valence-electron chi connectivity index (χ0n) is 25.4. The second-order valence-electron chi connectivity index (χ2n) is 12.7. The summed E-state index contributed by atoms with van der Waals surface area (Å²) in [5, 5.41) is 26.2. The van der Waals surface area contributed by atoms with E-state index in [1.54, 1.807) is 0 Å². The van der Waals surface area contributed by atoms with E-state index in [-0.39, 0.29) is 11.4 Å². The van der Waals surface area contributed by atoms with Gasteiger partial charge in [0.1, 0.15) is 12.1 Å². The molecule has 0 saturated carbocycles. The summed E-state index contributed by atoms with van der Waals surface area (Å²) in [6, 6.07) is 50.0. The van der Waals surface area contributed by atoms with Gasteiger partial charge in [-0.2, -0.15) is 10.5 Å². The first-order chi connectivity index (χ1) is 23.8. The van der Waals surface area contributed by atoms with Crippen LogP contribution >= 0.6 is 0 Å². The van der Waals surface area contributed by atoms with Crippen LogP contribution in [0, 0.1) is 22.7 Å². The molecule has 0 atom stereocenters. The van der Waals surface area contributed by atoms with E-state index in [4.69, 9.17) is 9.97 Å². The van der Waals surface area contributed by atoms with Crippen molar-refractivity contribution in [2.24, 2.45) is 0 Å². The fraction of sp³-hybridized carbons (Fsp3) is 0.0233. The molecule has 0 bridgehead atoms. The molecule has 3 heterocycles. The van der Waals surface area contributed by atoms with Gasteiger partial charge in [-0.15, -0.1) is 0 Å². The molecule has 0 amide bonds. The molecule has 11 rings (SSSR count). The highest BCUT2D eigenvalue weighted by Crippen LogP contribution is 2.62. The van der Waals surface area contributed by atoms with Gasteiger partial charge in [0.05, 0.1) is 33.2 Å². The predicted octanol–water partition coefficient (Wildman–Crippen LogP) is 9.45. The maximum absolute atomic E-state index is 10.1. The Morgan fingerprint density at radius 1 is 0.500 bits per heavy atom. The number of fused-ring (bicyclic) bond motifs is 19. The molecule has 0 radical (unpaired) electrons. The summed E-state index contributed by atoms with van der Waals surface area (Å²) < 4.78 is 2.42. The molecule has 48 heavy (non-hydrogen) atoms. The van der Waals surface area contributed by atoms with Gasteiger partial charge < -0.3 is 4.57 Å². The summed E-state index contributed by atoms with van der Waals surface area (Å²) in [6.07, 6.45) is 0. The zero-order chi connectivity index (χ0) is 31.7. The number of rotatable bonds is 0. The van der Waals surface area contributed by atoms with Crippen molar-refractivity contribution in [2.75, 3.05) is 0 Å². The Kier molecular flexibility index (Phi) is 4.60. The summed E-state index contributed by atoms with van der Waals surface area (Å²) in [7, 11) is 0. The van der Waals surface area contributed by atoms with E-state index < -0.39 is 5.41 Å². The van der Waals surface area contributed by atoms with Crippen molar-refractivity contribution in [3.8, 4) is 29.0 Å². The minimum absolute atomic E-state index is 0.0371. The number of aromatic nitrogens is 3. The van der Waals surface area contributed by atoms with Crippen LogP contribution in [0.2, 0.25) is 0 Å². The van der Waals surface area contributed by atoms with Gasteiger partial charge in [0.25, 0.3) is 0 Å². The topological polar surface area (TPSA) is 78.3 Å². The number of nitrogens with zero attached hydrogens (tertiary/aromatic N) is 5. The van der Waals surface area contributed by atoms with Crippen molar-refractivity contribution in [1.82, 2.24) is 14.5 Å². The van der Waals surface area contributed by atoms with E-state index >= 15 is 0 Å². The average Bonchev–Trinajstić information content (AvgIpc) is 3.65. The minimum atomic E-state index is -0.579. The maximum atomic E-state index is 10.1. The van der Waals surface area contributed by atoms with Crippen LogP contribution in [-0.4, -0.2) is 14.5 Å². The molecule has 7 aromatic carbocycles. The van der Waals surface area contributed by atoms with Crippen LogP contribution in [-0.2, 0) is 5.41 Å². The summed E-state index contributed by atoms with van der Waals surface area (Å²) in [4.78, 5) is 9.74. The van der Waals surface area contributed by atoms with E-state index in [0.29, 0.717) is 11.0 Å². The summed E-state index contributed by atoms with van der Waals surface area (Å²) in [5.41, 5.74) is 11.6. The van der Waals surface area contributed by atoms with Gasteiger partial charge in [0, 0.05) is 21.5 Å². The number of hydrogen-bond acceptors (Lipinski definition) is 4. The maximum Gasteiger partial charge on any atom is 0.177 e. The number of nitriles is 2. The first-order valence-electron chi connectivity index (χ1n) is 16.0. The largest absolute Gasteiger partial charge is 0.309 e. The zero-order valence-corrected chi connectivity index (χ0v) is 25.4. The Labute approximate surface area is 274 Å². The third kappa shape index (κ3) is 2.75. The van der Waals surface area contributed by atoms with Gasteiger partial charge in [-0.1, -0.05) is 109 Å². The second-order valence-corrected chi connectivity index (χ2v) is 12.7. The van der Waals surface area contributed by atoms with Gasteiger partial charge in [0.2, 0.25) is 0 Å². The Morgan fingerprint density at radius 2 is 1.06 bits per heavy atom. The minimum Gasteiger partial charge on any atom is -0.309 e. The molecule has 1 spiro atoms. The first kappa shape index (κ1) is 25.4. The standard InChI is InChI=1S/C43H21N5/c44-22-34-35(23-45)47-41-38-29(24-11-1-2-14-27(24)40(41)46-34)21-33-42-39(38)28-15-5-9-19-36(28)48(42)37-20-10-8-18-32(37)43(33)30-16-6-3-12-25(30)26-13-4-7-17-31(26)43/h1-21H. The molecule has 0 unspecified atom stereocenters. The van der Waals surface area contributed by atoms with Crippen molar-refractivity contribution < 1.29 is 0 Å². The highest BCUT2D eigenvalue weighted by atomic mass is 15.0. The van der Waals surface area contributed by atoms with Crippen LogP contribution in [0.1, 0.15) is 33.6 Å². The van der Waals surface area contributed by atoms with E-state index in [0.717, 1.165) is 49.0 Å². The Bertz CT molecular complexity index is 3000. The van der Waals surface area contributed by atoms with Crippen LogP contribution < -0.4 is 0 Å². The van der Waals surface area contributed by atoms with Crippen LogP contribution in [0.5, 0.6) is 0 Å². The lowest BCUT2D eigenvalue weighted by molar-refractivity contribution is 0.750. The van der Waals surface area contributed by atoms with Crippen molar-refractivity contribution in [3.05, 3.63) is 161 Å². The molecular formula is C43H21N5. The molecular weight excluding hydrogens is 587 g/mol. The first-order valence-corrected chi connectivity index (χ1v) is 16.0. The molecule has 9 aromatic rings. The smallest absolute Gasteiger partial charge is 0.177 e. The quantitative estimate of drug-likeness (QED) is 0.161. The molecule has 218 valence electrons. The number of benzene rings is 7. The fourth-order valence-electron chi connectivity index (χ4n) is 8.99. The van der Waals surface area contributed by atoms with Crippen LogP contribution in [0.4, 0.5) is 0 Å². The highest BCUT2D eigenvalue weighted by molar-refractivity contribution is 6.35. The van der Waals surface area contributed by atoms with E-state index in [2.05, 4.69) is 132 Å². The SMILES string of the molecule is N#Cc1nc2c3ccccc3c3cc4c5c(c6ccccc6n5-c5ccccc5C45c4ccccc4-c4ccccc45)c3c2nc1C#N. The normalized spacial score (nSPS) is 13.5. The van der Waals surface area contributed by atoms with Crippen LogP contribution in [0.25, 0.3) is 71.2 Å². The van der Waals surface area contributed by atoms with Crippen molar-refractivity contribution in [2.45, 2.75) is 5.41 Å². The summed E-state index contributed by atoms with van der Waals surface area (Å²) in [6.45, 7) is 0. The third-order valence-corrected chi connectivity index (χ3v) is 10.7. The fourth-order valence-corrected chi connectivity index (χ4v) is 8.99. The highest BCUT2D eigenvalue weighted by Gasteiger charge is 2.51. The van der Waals surface area contributed by atoms with E-state index in [1.807, 2.05) is 12.1 Å². The third-order valence-electron chi connectivity index (χ3n) is 10.7. The van der Waals surface area contributed by atoms with Gasteiger partial charge in [-0.3, -0.25) is 0 Å². The predicted molar refractivity (Wildman–Crippen MR) is 189 cm³/mol. The van der Waals surface area contributed by atoms with Gasteiger partial charge in [0.15, 0.2) is 11.4 Å². The molecule has 5 nitrogen and oxygen atoms in total. The average molecular weight is 608 g/mol. The molecule has 2 aliphatic rings. The Balaban J connectivity index is 1.50. The lowest BCUT2D eigenvalue weighted by Crippen LogP contribution is -2.33. The lowest BCUT2D eigenvalue weighted by Gasteiger charge is -2.40. The summed E-state index contributed by atoms with van der Waals surface area (Å²) in [5.74, 6) is 0. The van der Waals surface area contributed by atoms with E-state index in [9.17, 15) is 10.5 Å². The lowest BCUT2D eigenvalue weighted by atomic mass is 9.65. The molecule has 2 aromatic heterocycles. The molecule has 0 N–H and O–H groups in total. The number of para-hydroxylation sites is 2. The van der Waals surface area contributed by atoms with Crippen molar-refractivity contribution in [3.63, 3.8) is 0 Å². The second kappa shape index (κ2) is 8.70. The Hall–Kier alpha value is -6.82. The molecule has 1 aliphatic heterocycles. The van der Waals surface area contributed by atoms with Gasteiger partial charge >= 0.3 is 0 Å². The molecule has 0 saturated heterocycles. The van der Waals surface area contributed by atoms with Gasteiger partial charge in [-0.25, -0.2) is 9.97 Å². The molecule has 1 aliphatic carbocycles. The van der Waals surface area contributed by atoms with E-state index in [1.165, 1.54) is 33.4 Å². The Morgan fingerprint density at radius 3 is 1.77 bits per heavy atom.